The molecule has 2 aliphatic rings. The molecule has 1 aliphatic heterocycles. The standard InChI is InChI=1S/C31H29FN2O/c32-25-13-9-24(10-14-25)22-35-26-15-11-23(12-16-26)21-33-17-19-34(20-18-33)31-29-7-3-1-5-27(29)28-6-2-4-8-30(28)31/h1-16,31H,17-22H2. The molecule has 176 valence electrons. The van der Waals surface area contributed by atoms with Gasteiger partial charge in [0.2, 0.25) is 0 Å². The maximum atomic E-state index is 13.1. The number of hydrogen-bond donors (Lipinski definition) is 0. The third-order valence-electron chi connectivity index (χ3n) is 7.22. The number of hydrogen-bond acceptors (Lipinski definition) is 3. The van der Waals surface area contributed by atoms with E-state index in [-0.39, 0.29) is 5.82 Å². The normalized spacial score (nSPS) is 16.1. The van der Waals surface area contributed by atoms with Crippen LogP contribution in [-0.4, -0.2) is 36.0 Å². The van der Waals surface area contributed by atoms with Gasteiger partial charge in [0.25, 0.3) is 0 Å². The van der Waals surface area contributed by atoms with Crippen molar-refractivity contribution in [3.8, 4) is 16.9 Å². The van der Waals surface area contributed by atoms with Crippen molar-refractivity contribution in [3.63, 3.8) is 0 Å². The number of nitrogens with zero attached hydrogens (tertiary/aromatic N) is 2. The molecule has 0 N–H and O–H groups in total. The number of piperazine rings is 1. The molecule has 4 aromatic rings. The Hall–Kier alpha value is -3.47. The van der Waals surface area contributed by atoms with E-state index in [4.69, 9.17) is 4.74 Å². The van der Waals surface area contributed by atoms with E-state index >= 15 is 0 Å². The van der Waals surface area contributed by atoms with E-state index in [1.807, 2.05) is 12.1 Å². The third kappa shape index (κ3) is 4.60. The van der Waals surface area contributed by atoms with E-state index in [1.165, 1.54) is 39.9 Å². The average molecular weight is 465 g/mol. The fourth-order valence-corrected chi connectivity index (χ4v) is 5.40. The zero-order valence-corrected chi connectivity index (χ0v) is 19.7. The smallest absolute Gasteiger partial charge is 0.123 e. The zero-order chi connectivity index (χ0) is 23.6. The number of ether oxygens (including phenoxy) is 1. The van der Waals surface area contributed by atoms with Crippen molar-refractivity contribution in [1.82, 2.24) is 9.80 Å². The average Bonchev–Trinajstić information content (AvgIpc) is 3.24. The van der Waals surface area contributed by atoms with Gasteiger partial charge in [0.15, 0.2) is 0 Å². The lowest BCUT2D eigenvalue weighted by Crippen LogP contribution is -2.47. The number of rotatable bonds is 6. The minimum atomic E-state index is -0.225. The summed E-state index contributed by atoms with van der Waals surface area (Å²) in [5.41, 5.74) is 7.91. The first kappa shape index (κ1) is 22.0. The summed E-state index contributed by atoms with van der Waals surface area (Å²) in [7, 11) is 0. The molecule has 3 nitrogen and oxygen atoms in total. The quantitative estimate of drug-likeness (QED) is 0.333. The lowest BCUT2D eigenvalue weighted by atomic mass is 10.0. The molecule has 1 saturated heterocycles. The molecule has 0 amide bonds. The van der Waals surface area contributed by atoms with Crippen LogP contribution in [0.2, 0.25) is 0 Å². The molecule has 0 bridgehead atoms. The maximum absolute atomic E-state index is 13.1. The van der Waals surface area contributed by atoms with Crippen molar-refractivity contribution in [3.05, 3.63) is 125 Å². The molecule has 0 radical (unpaired) electrons. The molecule has 6 rings (SSSR count). The second kappa shape index (κ2) is 9.65. The molecule has 0 spiro atoms. The predicted molar refractivity (Wildman–Crippen MR) is 138 cm³/mol. The monoisotopic (exact) mass is 464 g/mol. The van der Waals surface area contributed by atoms with Crippen LogP contribution in [0.25, 0.3) is 11.1 Å². The lowest BCUT2D eigenvalue weighted by Gasteiger charge is -2.38. The van der Waals surface area contributed by atoms with Crippen LogP contribution < -0.4 is 4.74 Å². The molecule has 0 aromatic heterocycles. The van der Waals surface area contributed by atoms with Gasteiger partial charge in [-0.2, -0.15) is 0 Å². The van der Waals surface area contributed by atoms with Gasteiger partial charge in [-0.25, -0.2) is 4.39 Å². The number of fused-ring (bicyclic) bond motifs is 3. The summed E-state index contributed by atoms with van der Waals surface area (Å²) in [4.78, 5) is 5.19. The molecule has 0 atom stereocenters. The van der Waals surface area contributed by atoms with E-state index in [2.05, 4.69) is 70.5 Å². The minimum Gasteiger partial charge on any atom is -0.489 e. The molecule has 4 aromatic carbocycles. The summed E-state index contributed by atoms with van der Waals surface area (Å²) < 4.78 is 18.9. The van der Waals surface area contributed by atoms with Crippen LogP contribution >= 0.6 is 0 Å². The Labute approximate surface area is 206 Å². The van der Waals surface area contributed by atoms with E-state index in [1.54, 1.807) is 12.1 Å². The van der Waals surface area contributed by atoms with Gasteiger partial charge in [-0.1, -0.05) is 72.8 Å². The molecular weight excluding hydrogens is 435 g/mol. The summed E-state index contributed by atoms with van der Waals surface area (Å²) >= 11 is 0. The van der Waals surface area contributed by atoms with Gasteiger partial charge in [-0.15, -0.1) is 0 Å². The fourth-order valence-electron chi connectivity index (χ4n) is 5.40. The summed E-state index contributed by atoms with van der Waals surface area (Å²) in [6.45, 7) is 5.63. The highest BCUT2D eigenvalue weighted by molar-refractivity contribution is 5.78. The van der Waals surface area contributed by atoms with Gasteiger partial charge in [0, 0.05) is 32.7 Å². The van der Waals surface area contributed by atoms with E-state index in [9.17, 15) is 4.39 Å². The van der Waals surface area contributed by atoms with Gasteiger partial charge in [0.1, 0.15) is 18.2 Å². The molecule has 1 heterocycles. The van der Waals surface area contributed by atoms with Gasteiger partial charge in [0.05, 0.1) is 6.04 Å². The second-order valence-corrected chi connectivity index (χ2v) is 9.45. The second-order valence-electron chi connectivity index (χ2n) is 9.45. The Kier molecular flexibility index (Phi) is 6.07. The van der Waals surface area contributed by atoms with Crippen molar-refractivity contribution < 1.29 is 9.13 Å². The molecular formula is C31H29FN2O. The summed E-state index contributed by atoms with van der Waals surface area (Å²) in [6, 6.07) is 32.9. The summed E-state index contributed by atoms with van der Waals surface area (Å²) in [6.07, 6.45) is 0. The van der Waals surface area contributed by atoms with Crippen molar-refractivity contribution in [1.29, 1.82) is 0 Å². The largest absolute Gasteiger partial charge is 0.489 e. The topological polar surface area (TPSA) is 15.7 Å². The van der Waals surface area contributed by atoms with E-state index < -0.39 is 0 Å². The van der Waals surface area contributed by atoms with Crippen molar-refractivity contribution in [2.75, 3.05) is 26.2 Å². The van der Waals surface area contributed by atoms with Crippen molar-refractivity contribution in [2.45, 2.75) is 19.2 Å². The number of halogens is 1. The molecule has 35 heavy (non-hydrogen) atoms. The van der Waals surface area contributed by atoms with Gasteiger partial charge in [-0.05, 0) is 57.6 Å². The summed E-state index contributed by atoms with van der Waals surface area (Å²) in [5.74, 6) is 0.610. The Balaban J connectivity index is 1.05. The Morgan fingerprint density at radius 2 is 1.23 bits per heavy atom. The van der Waals surface area contributed by atoms with Crippen LogP contribution in [-0.2, 0) is 13.2 Å². The van der Waals surface area contributed by atoms with Gasteiger partial charge in [-0.3, -0.25) is 9.80 Å². The third-order valence-corrected chi connectivity index (χ3v) is 7.22. The van der Waals surface area contributed by atoms with Crippen LogP contribution in [0.4, 0.5) is 4.39 Å². The van der Waals surface area contributed by atoms with Gasteiger partial charge < -0.3 is 4.74 Å². The highest BCUT2D eigenvalue weighted by atomic mass is 19.1. The van der Waals surface area contributed by atoms with Crippen LogP contribution in [0.3, 0.4) is 0 Å². The van der Waals surface area contributed by atoms with Crippen LogP contribution in [0.5, 0.6) is 5.75 Å². The van der Waals surface area contributed by atoms with Crippen molar-refractivity contribution in [2.24, 2.45) is 0 Å². The first-order chi connectivity index (χ1) is 17.2. The lowest BCUT2D eigenvalue weighted by molar-refractivity contribution is 0.106. The fraction of sp³-hybridized carbons (Fsp3) is 0.226. The molecule has 4 heteroatoms. The molecule has 0 unspecified atom stereocenters. The van der Waals surface area contributed by atoms with Crippen LogP contribution in [0.15, 0.2) is 97.1 Å². The Morgan fingerprint density at radius 1 is 0.657 bits per heavy atom. The zero-order valence-electron chi connectivity index (χ0n) is 19.7. The maximum Gasteiger partial charge on any atom is 0.123 e. The first-order valence-electron chi connectivity index (χ1n) is 12.4. The summed E-state index contributed by atoms with van der Waals surface area (Å²) in [5, 5.41) is 0. The first-order valence-corrected chi connectivity index (χ1v) is 12.4. The highest BCUT2D eigenvalue weighted by Crippen LogP contribution is 2.46. The van der Waals surface area contributed by atoms with E-state index in [0.717, 1.165) is 44.0 Å². The predicted octanol–water partition coefficient (Wildman–Crippen LogP) is 6.29. The highest BCUT2D eigenvalue weighted by Gasteiger charge is 2.34. The minimum absolute atomic E-state index is 0.225. The van der Waals surface area contributed by atoms with E-state index in [0.29, 0.717) is 12.6 Å². The molecule has 1 fully saturated rings. The molecule has 0 saturated carbocycles. The SMILES string of the molecule is Fc1ccc(COc2ccc(CN3CCN(C4c5ccccc5-c5ccccc54)CC3)cc2)cc1. The van der Waals surface area contributed by atoms with Crippen LogP contribution in [0, 0.1) is 5.82 Å². The number of benzene rings is 4. The van der Waals surface area contributed by atoms with Crippen LogP contribution in [0.1, 0.15) is 28.3 Å². The Bertz CT molecular complexity index is 1250. The van der Waals surface area contributed by atoms with Crippen molar-refractivity contribution >= 4 is 0 Å². The van der Waals surface area contributed by atoms with Gasteiger partial charge >= 0.3 is 0 Å². The molecule has 1 aliphatic carbocycles. The Morgan fingerprint density at radius 3 is 1.86 bits per heavy atom.